The third kappa shape index (κ3) is 2.28. The fraction of sp³-hybridized carbons (Fsp3) is 0.467. The number of amides is 2. The Morgan fingerprint density at radius 2 is 2.00 bits per heavy atom. The molecule has 1 aromatic carbocycles. The highest BCUT2D eigenvalue weighted by atomic mass is 19.1. The van der Waals surface area contributed by atoms with Crippen molar-refractivity contribution in [2.45, 2.75) is 31.7 Å². The number of carbonyl (C=O) groups is 2. The maximum atomic E-state index is 13.3. The van der Waals surface area contributed by atoms with E-state index < -0.39 is 0 Å². The molecule has 0 aliphatic carbocycles. The van der Waals surface area contributed by atoms with Crippen molar-refractivity contribution < 1.29 is 14.0 Å². The van der Waals surface area contributed by atoms with Crippen molar-refractivity contribution in [2.24, 2.45) is 0 Å². The van der Waals surface area contributed by atoms with Crippen LogP contribution in [0.3, 0.4) is 0 Å². The third-order valence-corrected chi connectivity index (χ3v) is 4.04. The van der Waals surface area contributed by atoms with E-state index in [1.807, 2.05) is 0 Å². The number of nitrogens with zero attached hydrogens (tertiary/aromatic N) is 2. The molecule has 1 aromatic rings. The summed E-state index contributed by atoms with van der Waals surface area (Å²) >= 11 is 0. The molecule has 2 aliphatic heterocycles. The summed E-state index contributed by atoms with van der Waals surface area (Å²) < 4.78 is 13.3. The zero-order valence-electron chi connectivity index (χ0n) is 11.2. The number of benzene rings is 1. The van der Waals surface area contributed by atoms with Gasteiger partial charge in [-0.15, -0.1) is 0 Å². The molecule has 2 fully saturated rings. The molecule has 1 atom stereocenters. The van der Waals surface area contributed by atoms with Crippen LogP contribution in [0.15, 0.2) is 24.3 Å². The van der Waals surface area contributed by atoms with Gasteiger partial charge in [0.2, 0.25) is 11.8 Å². The van der Waals surface area contributed by atoms with Crippen molar-refractivity contribution in [3.05, 3.63) is 30.1 Å². The first-order valence-electron chi connectivity index (χ1n) is 7.03. The first-order valence-corrected chi connectivity index (χ1v) is 7.03. The summed E-state index contributed by atoms with van der Waals surface area (Å²) in [5.41, 5.74) is 0.537. The number of carbonyl (C=O) groups excluding carboxylic acids is 2. The van der Waals surface area contributed by atoms with E-state index in [9.17, 15) is 14.0 Å². The van der Waals surface area contributed by atoms with Gasteiger partial charge in [0.1, 0.15) is 11.9 Å². The molecule has 2 heterocycles. The highest BCUT2D eigenvalue weighted by Crippen LogP contribution is 2.26. The van der Waals surface area contributed by atoms with Crippen LogP contribution in [-0.2, 0) is 9.59 Å². The Morgan fingerprint density at radius 1 is 1.15 bits per heavy atom. The predicted molar refractivity (Wildman–Crippen MR) is 72.7 cm³/mol. The van der Waals surface area contributed by atoms with Gasteiger partial charge in [-0.05, 0) is 37.5 Å². The van der Waals surface area contributed by atoms with Gasteiger partial charge in [0.05, 0.1) is 0 Å². The first kappa shape index (κ1) is 13.1. The molecule has 0 spiro atoms. The van der Waals surface area contributed by atoms with Gasteiger partial charge in [-0.3, -0.25) is 9.59 Å². The van der Waals surface area contributed by atoms with E-state index >= 15 is 0 Å². The molecular formula is C15H17FN2O2. The van der Waals surface area contributed by atoms with E-state index in [0.29, 0.717) is 31.6 Å². The lowest BCUT2D eigenvalue weighted by Crippen LogP contribution is -2.49. The fourth-order valence-electron chi connectivity index (χ4n) is 3.03. The Hall–Kier alpha value is -1.91. The van der Waals surface area contributed by atoms with E-state index in [4.69, 9.17) is 0 Å². The zero-order chi connectivity index (χ0) is 14.1. The molecule has 1 unspecified atom stereocenters. The summed E-state index contributed by atoms with van der Waals surface area (Å²) in [5.74, 6) is -0.422. The molecular weight excluding hydrogens is 259 g/mol. The number of hydrogen-bond donors (Lipinski definition) is 0. The number of hydrogen-bond acceptors (Lipinski definition) is 2. The Labute approximate surface area is 117 Å². The summed E-state index contributed by atoms with van der Waals surface area (Å²) in [6.45, 7) is 0.986. The van der Waals surface area contributed by atoms with Gasteiger partial charge >= 0.3 is 0 Å². The van der Waals surface area contributed by atoms with Gasteiger partial charge in [0, 0.05) is 25.2 Å². The second kappa shape index (κ2) is 5.23. The second-order valence-corrected chi connectivity index (χ2v) is 5.32. The average molecular weight is 276 g/mol. The SMILES string of the molecule is O=C1C2CCCCN2C(=O)CCN1c1cccc(F)c1. The van der Waals surface area contributed by atoms with E-state index in [1.54, 1.807) is 21.9 Å². The molecule has 2 aliphatic rings. The van der Waals surface area contributed by atoms with Crippen LogP contribution in [0, 0.1) is 5.82 Å². The normalized spacial score (nSPS) is 23.6. The number of piperidine rings is 1. The quantitative estimate of drug-likeness (QED) is 0.786. The van der Waals surface area contributed by atoms with Crippen molar-refractivity contribution in [1.29, 1.82) is 0 Å². The van der Waals surface area contributed by atoms with E-state index in [0.717, 1.165) is 12.8 Å². The molecule has 0 aromatic heterocycles. The van der Waals surface area contributed by atoms with Gasteiger partial charge in [0.15, 0.2) is 0 Å². The van der Waals surface area contributed by atoms with Crippen LogP contribution < -0.4 is 4.90 Å². The fourth-order valence-corrected chi connectivity index (χ4v) is 3.03. The Bertz CT molecular complexity index is 546. The molecule has 0 radical (unpaired) electrons. The number of rotatable bonds is 1. The van der Waals surface area contributed by atoms with Gasteiger partial charge in [0.25, 0.3) is 0 Å². The van der Waals surface area contributed by atoms with Crippen LogP contribution in [0.1, 0.15) is 25.7 Å². The van der Waals surface area contributed by atoms with Gasteiger partial charge in [-0.1, -0.05) is 6.07 Å². The maximum absolute atomic E-state index is 13.3. The van der Waals surface area contributed by atoms with Crippen LogP contribution in [0.5, 0.6) is 0 Å². The van der Waals surface area contributed by atoms with Crippen molar-refractivity contribution >= 4 is 17.5 Å². The van der Waals surface area contributed by atoms with Crippen molar-refractivity contribution in [1.82, 2.24) is 4.90 Å². The molecule has 20 heavy (non-hydrogen) atoms. The van der Waals surface area contributed by atoms with Gasteiger partial charge in [-0.25, -0.2) is 4.39 Å². The summed E-state index contributed by atoms with van der Waals surface area (Å²) in [7, 11) is 0. The minimum Gasteiger partial charge on any atom is -0.331 e. The number of halogens is 1. The maximum Gasteiger partial charge on any atom is 0.249 e. The van der Waals surface area contributed by atoms with Crippen molar-refractivity contribution in [2.75, 3.05) is 18.0 Å². The molecule has 0 N–H and O–H groups in total. The largest absolute Gasteiger partial charge is 0.331 e. The molecule has 0 saturated carbocycles. The summed E-state index contributed by atoms with van der Waals surface area (Å²) in [4.78, 5) is 28.0. The van der Waals surface area contributed by atoms with Crippen LogP contribution >= 0.6 is 0 Å². The molecule has 106 valence electrons. The number of fused-ring (bicyclic) bond motifs is 1. The summed E-state index contributed by atoms with van der Waals surface area (Å²) in [6, 6.07) is 5.62. The summed E-state index contributed by atoms with van der Waals surface area (Å²) in [6.07, 6.45) is 2.92. The Kier molecular flexibility index (Phi) is 3.42. The number of anilines is 1. The van der Waals surface area contributed by atoms with Crippen LogP contribution in [0.2, 0.25) is 0 Å². The van der Waals surface area contributed by atoms with Crippen LogP contribution in [0.25, 0.3) is 0 Å². The van der Waals surface area contributed by atoms with E-state index in [1.165, 1.54) is 12.1 Å². The van der Waals surface area contributed by atoms with Crippen LogP contribution in [-0.4, -0.2) is 35.8 Å². The lowest BCUT2D eigenvalue weighted by atomic mass is 10.0. The zero-order valence-corrected chi connectivity index (χ0v) is 11.2. The summed E-state index contributed by atoms with van der Waals surface area (Å²) in [5, 5.41) is 0. The monoisotopic (exact) mass is 276 g/mol. The smallest absolute Gasteiger partial charge is 0.249 e. The Balaban J connectivity index is 1.92. The average Bonchev–Trinajstić information content (AvgIpc) is 2.58. The minimum absolute atomic E-state index is 0.0296. The minimum atomic E-state index is -0.373. The van der Waals surface area contributed by atoms with Gasteiger partial charge < -0.3 is 9.80 Å². The topological polar surface area (TPSA) is 40.6 Å². The van der Waals surface area contributed by atoms with E-state index in [2.05, 4.69) is 0 Å². The molecule has 3 rings (SSSR count). The standard InChI is InChI=1S/C15H17FN2O2/c16-11-4-3-5-12(10-11)17-9-7-14(19)18-8-2-1-6-13(18)15(17)20/h3-5,10,13H,1-2,6-9H2. The lowest BCUT2D eigenvalue weighted by Gasteiger charge is -2.34. The lowest BCUT2D eigenvalue weighted by molar-refractivity contribution is -0.138. The predicted octanol–water partition coefficient (Wildman–Crippen LogP) is 1.94. The first-order chi connectivity index (χ1) is 9.66. The highest BCUT2D eigenvalue weighted by molar-refractivity contribution is 6.01. The Morgan fingerprint density at radius 3 is 2.80 bits per heavy atom. The van der Waals surface area contributed by atoms with Gasteiger partial charge in [-0.2, -0.15) is 0 Å². The molecule has 4 nitrogen and oxygen atoms in total. The molecule has 0 bridgehead atoms. The van der Waals surface area contributed by atoms with Crippen molar-refractivity contribution in [3.8, 4) is 0 Å². The third-order valence-electron chi connectivity index (χ3n) is 4.04. The molecule has 5 heteroatoms. The second-order valence-electron chi connectivity index (χ2n) is 5.32. The molecule has 2 saturated heterocycles. The van der Waals surface area contributed by atoms with Crippen LogP contribution in [0.4, 0.5) is 10.1 Å². The van der Waals surface area contributed by atoms with E-state index in [-0.39, 0.29) is 23.7 Å². The highest BCUT2D eigenvalue weighted by Gasteiger charge is 2.38. The molecule has 2 amide bonds. The van der Waals surface area contributed by atoms with Crippen molar-refractivity contribution in [3.63, 3.8) is 0 Å².